The maximum atomic E-state index is 12.8. The number of methoxy groups -OCH3 is 1. The minimum absolute atomic E-state index is 0.0304. The first-order valence-corrected chi connectivity index (χ1v) is 11.9. The molecule has 0 aliphatic rings. The van der Waals surface area contributed by atoms with Gasteiger partial charge in [-0.05, 0) is 49.1 Å². The number of ether oxygens (including phenoxy) is 2. The molecule has 1 aromatic heterocycles. The fourth-order valence-corrected chi connectivity index (χ4v) is 4.09. The number of benzene rings is 3. The van der Waals surface area contributed by atoms with Crippen LogP contribution >= 0.6 is 11.5 Å². The summed E-state index contributed by atoms with van der Waals surface area (Å²) >= 11 is 1.17. The van der Waals surface area contributed by atoms with E-state index in [4.69, 9.17) is 9.47 Å². The Hall–Kier alpha value is -3.71. The molecule has 0 radical (unpaired) electrons. The average Bonchev–Trinajstić information content (AvgIpc) is 3.30. The van der Waals surface area contributed by atoms with Gasteiger partial charge in [-0.2, -0.15) is 9.36 Å². The zero-order valence-corrected chi connectivity index (χ0v) is 20.0. The maximum Gasteiger partial charge on any atom is 0.298 e. The van der Waals surface area contributed by atoms with E-state index in [9.17, 15) is 4.79 Å². The van der Waals surface area contributed by atoms with E-state index >= 15 is 0 Å². The van der Waals surface area contributed by atoms with Crippen molar-refractivity contribution in [1.82, 2.24) is 14.7 Å². The van der Waals surface area contributed by atoms with Crippen molar-refractivity contribution in [1.29, 1.82) is 0 Å². The van der Waals surface area contributed by atoms with E-state index in [1.54, 1.807) is 25.3 Å². The molecule has 0 aliphatic carbocycles. The highest BCUT2D eigenvalue weighted by atomic mass is 32.1. The van der Waals surface area contributed by atoms with Gasteiger partial charge in [0.2, 0.25) is 0 Å². The summed E-state index contributed by atoms with van der Waals surface area (Å²) in [6, 6.07) is 25.4. The molecule has 6 nitrogen and oxygen atoms in total. The molecule has 0 saturated carbocycles. The summed E-state index contributed by atoms with van der Waals surface area (Å²) in [7, 11) is 1.56. The molecule has 7 heteroatoms. The fourth-order valence-electron chi connectivity index (χ4n) is 3.53. The average molecular weight is 474 g/mol. The largest absolute Gasteiger partial charge is 0.493 e. The van der Waals surface area contributed by atoms with E-state index in [1.165, 1.54) is 17.1 Å². The molecule has 34 heavy (non-hydrogen) atoms. The van der Waals surface area contributed by atoms with Crippen LogP contribution in [0.4, 0.5) is 0 Å². The number of nitrogens with one attached hydrogen (secondary N) is 1. The van der Waals surface area contributed by atoms with Crippen LogP contribution in [0.3, 0.4) is 0 Å². The van der Waals surface area contributed by atoms with Gasteiger partial charge in [-0.25, -0.2) is 0 Å². The highest BCUT2D eigenvalue weighted by Crippen LogP contribution is 2.33. The highest BCUT2D eigenvalue weighted by molar-refractivity contribution is 7.07. The van der Waals surface area contributed by atoms with Gasteiger partial charge < -0.3 is 14.8 Å². The van der Waals surface area contributed by atoms with Gasteiger partial charge in [-0.3, -0.25) is 4.79 Å². The topological polar surface area (TPSA) is 73.3 Å². The molecule has 1 unspecified atom stereocenters. The summed E-state index contributed by atoms with van der Waals surface area (Å²) in [6.07, 6.45) is 2.38. The second-order valence-electron chi connectivity index (χ2n) is 8.01. The number of amides is 1. The van der Waals surface area contributed by atoms with E-state index in [1.807, 2.05) is 55.5 Å². The van der Waals surface area contributed by atoms with Gasteiger partial charge in [-0.1, -0.05) is 60.7 Å². The van der Waals surface area contributed by atoms with E-state index in [0.29, 0.717) is 34.5 Å². The molecule has 0 spiro atoms. The fraction of sp³-hybridized carbons (Fsp3) is 0.222. The number of aryl methyl sites for hydroxylation is 1. The number of rotatable bonds is 10. The molecule has 4 aromatic rings. The van der Waals surface area contributed by atoms with Crippen molar-refractivity contribution < 1.29 is 14.3 Å². The Morgan fingerprint density at radius 3 is 2.38 bits per heavy atom. The number of nitrogens with zero attached hydrogens (tertiary/aromatic N) is 2. The van der Waals surface area contributed by atoms with Crippen LogP contribution in [-0.4, -0.2) is 28.4 Å². The second-order valence-corrected chi connectivity index (χ2v) is 8.72. The van der Waals surface area contributed by atoms with Crippen molar-refractivity contribution in [3.05, 3.63) is 101 Å². The number of hydrogen-bond donors (Lipinski definition) is 1. The van der Waals surface area contributed by atoms with E-state index in [2.05, 4.69) is 26.8 Å². The van der Waals surface area contributed by atoms with Crippen LogP contribution in [-0.2, 0) is 12.8 Å². The Balaban J connectivity index is 1.39. The number of carbonyl (C=O) groups is 1. The molecule has 0 bridgehead atoms. The summed E-state index contributed by atoms with van der Waals surface area (Å²) in [5.41, 5.74) is 2.88. The maximum absolute atomic E-state index is 12.8. The van der Waals surface area contributed by atoms with Crippen LogP contribution in [0.5, 0.6) is 16.7 Å². The zero-order valence-electron chi connectivity index (χ0n) is 19.2. The third-order valence-electron chi connectivity index (χ3n) is 5.36. The molecule has 1 atom stereocenters. The first-order chi connectivity index (χ1) is 16.6. The van der Waals surface area contributed by atoms with Crippen LogP contribution in [0.25, 0.3) is 0 Å². The lowest BCUT2D eigenvalue weighted by atomic mass is 10.1. The first kappa shape index (κ1) is 23.4. The molecule has 0 fully saturated rings. The van der Waals surface area contributed by atoms with Crippen LogP contribution in [0, 0.1) is 0 Å². The summed E-state index contributed by atoms with van der Waals surface area (Å²) in [6.45, 7) is 2.01. The van der Waals surface area contributed by atoms with Crippen molar-refractivity contribution in [2.45, 2.75) is 32.2 Å². The summed E-state index contributed by atoms with van der Waals surface area (Å²) in [5, 5.41) is 3.47. The molecule has 0 saturated heterocycles. The Labute approximate surface area is 203 Å². The normalized spacial score (nSPS) is 11.6. The number of aromatic nitrogens is 2. The second kappa shape index (κ2) is 11.4. The van der Waals surface area contributed by atoms with E-state index < -0.39 is 0 Å². The SMILES string of the molecule is COc1ccc(C(=O)NC(C)CCc2ccccc2)cc1Oc1nc(Cc2ccccc2)ns1. The van der Waals surface area contributed by atoms with Crippen LogP contribution in [0.1, 0.15) is 40.7 Å². The van der Waals surface area contributed by atoms with Crippen LogP contribution in [0.2, 0.25) is 0 Å². The van der Waals surface area contributed by atoms with E-state index in [0.717, 1.165) is 18.4 Å². The van der Waals surface area contributed by atoms with Gasteiger partial charge in [0.25, 0.3) is 11.1 Å². The van der Waals surface area contributed by atoms with Crippen molar-refractivity contribution in [3.8, 4) is 16.7 Å². The van der Waals surface area contributed by atoms with Gasteiger partial charge >= 0.3 is 0 Å². The summed E-state index contributed by atoms with van der Waals surface area (Å²) in [5.74, 6) is 1.48. The predicted octanol–water partition coefficient (Wildman–Crippen LogP) is 5.68. The minimum atomic E-state index is -0.157. The standard InChI is InChI=1S/C27H27N3O3S/c1-19(13-14-20-9-5-3-6-10-20)28-26(31)22-15-16-23(32-2)24(18-22)33-27-29-25(30-34-27)17-21-11-7-4-8-12-21/h3-12,15-16,18-19H,13-14,17H2,1-2H3,(H,28,31). The molecule has 174 valence electrons. The third kappa shape index (κ3) is 6.42. The molecule has 4 rings (SSSR count). The number of hydrogen-bond acceptors (Lipinski definition) is 6. The molecular formula is C27H27N3O3S. The molecule has 1 N–H and O–H groups in total. The lowest BCUT2D eigenvalue weighted by Gasteiger charge is -2.15. The molecule has 1 heterocycles. The summed E-state index contributed by atoms with van der Waals surface area (Å²) in [4.78, 5) is 17.3. The molecular weight excluding hydrogens is 446 g/mol. The Morgan fingerprint density at radius 2 is 1.68 bits per heavy atom. The van der Waals surface area contributed by atoms with Crippen molar-refractivity contribution >= 4 is 17.4 Å². The van der Waals surface area contributed by atoms with Crippen molar-refractivity contribution in [2.24, 2.45) is 0 Å². The van der Waals surface area contributed by atoms with Gasteiger partial charge in [0.1, 0.15) is 0 Å². The lowest BCUT2D eigenvalue weighted by molar-refractivity contribution is 0.0938. The Kier molecular flexibility index (Phi) is 7.88. The van der Waals surface area contributed by atoms with E-state index in [-0.39, 0.29) is 11.9 Å². The van der Waals surface area contributed by atoms with Gasteiger partial charge in [-0.15, -0.1) is 0 Å². The van der Waals surface area contributed by atoms with Crippen LogP contribution in [0.15, 0.2) is 78.9 Å². The lowest BCUT2D eigenvalue weighted by Crippen LogP contribution is -2.32. The predicted molar refractivity (Wildman–Crippen MR) is 134 cm³/mol. The monoisotopic (exact) mass is 473 g/mol. The van der Waals surface area contributed by atoms with Gasteiger partial charge in [0, 0.05) is 29.6 Å². The zero-order chi connectivity index (χ0) is 23.8. The van der Waals surface area contributed by atoms with Crippen molar-refractivity contribution in [2.75, 3.05) is 7.11 Å². The molecule has 3 aromatic carbocycles. The quantitative estimate of drug-likeness (QED) is 0.321. The first-order valence-electron chi connectivity index (χ1n) is 11.2. The number of carbonyl (C=O) groups excluding carboxylic acids is 1. The smallest absolute Gasteiger partial charge is 0.298 e. The Bertz CT molecular complexity index is 1210. The van der Waals surface area contributed by atoms with Crippen LogP contribution < -0.4 is 14.8 Å². The summed E-state index contributed by atoms with van der Waals surface area (Å²) < 4.78 is 15.8. The van der Waals surface area contributed by atoms with Gasteiger partial charge in [0.15, 0.2) is 17.3 Å². The highest BCUT2D eigenvalue weighted by Gasteiger charge is 2.16. The van der Waals surface area contributed by atoms with Crippen molar-refractivity contribution in [3.63, 3.8) is 0 Å². The minimum Gasteiger partial charge on any atom is -0.493 e. The third-order valence-corrected chi connectivity index (χ3v) is 6.00. The van der Waals surface area contributed by atoms with Gasteiger partial charge in [0.05, 0.1) is 7.11 Å². The molecule has 0 aliphatic heterocycles. The Morgan fingerprint density at radius 1 is 0.971 bits per heavy atom. The molecule has 1 amide bonds.